The van der Waals surface area contributed by atoms with Crippen molar-refractivity contribution >= 4 is 5.69 Å². The minimum absolute atomic E-state index is 0.780. The van der Waals surface area contributed by atoms with Gasteiger partial charge in [-0.05, 0) is 42.4 Å². The highest BCUT2D eigenvalue weighted by Gasteiger charge is 2.21. The zero-order chi connectivity index (χ0) is 10.8. The number of benzene rings is 1. The standard InChI is InChI=1S/C14H21N/c1-4-11-6-7-14-13(10-11)12(5-2)8-9-15(14)3/h6-7,10,12H,4-5,8-9H2,1-3H3. The van der Waals surface area contributed by atoms with Crippen molar-refractivity contribution in [1.82, 2.24) is 0 Å². The van der Waals surface area contributed by atoms with Crippen molar-refractivity contribution in [2.24, 2.45) is 0 Å². The summed E-state index contributed by atoms with van der Waals surface area (Å²) in [6, 6.07) is 6.99. The Hall–Kier alpha value is -0.980. The largest absolute Gasteiger partial charge is 0.374 e. The second-order valence-corrected chi connectivity index (χ2v) is 4.56. The molecule has 1 atom stereocenters. The first kappa shape index (κ1) is 10.5. The summed E-state index contributed by atoms with van der Waals surface area (Å²) in [6.07, 6.45) is 3.73. The number of anilines is 1. The highest BCUT2D eigenvalue weighted by atomic mass is 15.1. The van der Waals surface area contributed by atoms with Gasteiger partial charge in [0.1, 0.15) is 0 Å². The van der Waals surface area contributed by atoms with Crippen LogP contribution >= 0.6 is 0 Å². The molecule has 0 radical (unpaired) electrons. The van der Waals surface area contributed by atoms with Gasteiger partial charge < -0.3 is 4.90 Å². The van der Waals surface area contributed by atoms with Crippen LogP contribution in [0.1, 0.15) is 43.7 Å². The van der Waals surface area contributed by atoms with Crippen LogP contribution in [0.2, 0.25) is 0 Å². The van der Waals surface area contributed by atoms with Gasteiger partial charge in [-0.3, -0.25) is 0 Å². The van der Waals surface area contributed by atoms with Gasteiger partial charge in [-0.25, -0.2) is 0 Å². The number of hydrogen-bond donors (Lipinski definition) is 0. The van der Waals surface area contributed by atoms with E-state index < -0.39 is 0 Å². The Morgan fingerprint density at radius 2 is 2.13 bits per heavy atom. The lowest BCUT2D eigenvalue weighted by molar-refractivity contribution is 0.577. The van der Waals surface area contributed by atoms with Gasteiger partial charge in [0.2, 0.25) is 0 Å². The summed E-state index contributed by atoms with van der Waals surface area (Å²) < 4.78 is 0. The molecule has 1 aromatic carbocycles. The molecule has 1 aromatic rings. The van der Waals surface area contributed by atoms with Crippen LogP contribution in [0, 0.1) is 0 Å². The van der Waals surface area contributed by atoms with E-state index in [1.54, 1.807) is 5.56 Å². The van der Waals surface area contributed by atoms with Gasteiger partial charge in [0.05, 0.1) is 0 Å². The van der Waals surface area contributed by atoms with E-state index in [0.29, 0.717) is 0 Å². The van der Waals surface area contributed by atoms with Crippen molar-refractivity contribution < 1.29 is 0 Å². The smallest absolute Gasteiger partial charge is 0.0399 e. The summed E-state index contributed by atoms with van der Waals surface area (Å²) in [5.41, 5.74) is 4.50. The highest BCUT2D eigenvalue weighted by Crippen LogP contribution is 2.36. The van der Waals surface area contributed by atoms with Gasteiger partial charge >= 0.3 is 0 Å². The molecule has 0 saturated heterocycles. The number of hydrogen-bond acceptors (Lipinski definition) is 1. The maximum absolute atomic E-state index is 2.42. The summed E-state index contributed by atoms with van der Waals surface area (Å²) in [6.45, 7) is 5.74. The van der Waals surface area contributed by atoms with Crippen molar-refractivity contribution in [3.8, 4) is 0 Å². The molecule has 1 aliphatic rings. The number of rotatable bonds is 2. The summed E-state index contributed by atoms with van der Waals surface area (Å²) in [5.74, 6) is 0.780. The first-order chi connectivity index (χ1) is 7.26. The van der Waals surface area contributed by atoms with E-state index >= 15 is 0 Å². The van der Waals surface area contributed by atoms with Crippen LogP contribution < -0.4 is 4.90 Å². The summed E-state index contributed by atoms with van der Waals surface area (Å²) in [5, 5.41) is 0. The zero-order valence-electron chi connectivity index (χ0n) is 10.1. The molecule has 0 spiro atoms. The number of fused-ring (bicyclic) bond motifs is 1. The van der Waals surface area contributed by atoms with E-state index in [1.165, 1.54) is 30.6 Å². The SMILES string of the molecule is CCc1ccc2c(c1)C(CC)CCN2C. The molecular formula is C14H21N. The summed E-state index contributed by atoms with van der Waals surface area (Å²) in [7, 11) is 2.20. The van der Waals surface area contributed by atoms with Gasteiger partial charge in [0, 0.05) is 19.3 Å². The molecule has 0 fully saturated rings. The molecule has 1 heterocycles. The van der Waals surface area contributed by atoms with Crippen molar-refractivity contribution in [3.05, 3.63) is 29.3 Å². The lowest BCUT2D eigenvalue weighted by Crippen LogP contribution is -2.27. The number of aryl methyl sites for hydroxylation is 1. The maximum atomic E-state index is 2.42. The molecule has 1 aliphatic heterocycles. The predicted molar refractivity (Wildman–Crippen MR) is 66.7 cm³/mol. The number of nitrogens with zero attached hydrogens (tertiary/aromatic N) is 1. The summed E-state index contributed by atoms with van der Waals surface area (Å²) >= 11 is 0. The molecule has 0 amide bonds. The molecule has 1 heteroatoms. The fourth-order valence-corrected chi connectivity index (χ4v) is 2.55. The van der Waals surface area contributed by atoms with E-state index in [-0.39, 0.29) is 0 Å². The molecule has 15 heavy (non-hydrogen) atoms. The Morgan fingerprint density at radius 3 is 2.80 bits per heavy atom. The third kappa shape index (κ3) is 1.88. The zero-order valence-corrected chi connectivity index (χ0v) is 10.1. The molecule has 1 nitrogen and oxygen atoms in total. The topological polar surface area (TPSA) is 3.24 Å². The van der Waals surface area contributed by atoms with Crippen molar-refractivity contribution in [3.63, 3.8) is 0 Å². The molecule has 0 aromatic heterocycles. The van der Waals surface area contributed by atoms with Crippen molar-refractivity contribution in [2.45, 2.75) is 39.0 Å². The molecule has 2 rings (SSSR count). The van der Waals surface area contributed by atoms with E-state index in [4.69, 9.17) is 0 Å². The van der Waals surface area contributed by atoms with E-state index in [9.17, 15) is 0 Å². The molecule has 0 N–H and O–H groups in total. The molecule has 0 aliphatic carbocycles. The molecule has 0 bridgehead atoms. The first-order valence-corrected chi connectivity index (χ1v) is 6.10. The van der Waals surface area contributed by atoms with Gasteiger partial charge in [-0.15, -0.1) is 0 Å². The van der Waals surface area contributed by atoms with Crippen LogP contribution in [0.3, 0.4) is 0 Å². The van der Waals surface area contributed by atoms with Crippen LogP contribution in [0.15, 0.2) is 18.2 Å². The Morgan fingerprint density at radius 1 is 1.33 bits per heavy atom. The van der Waals surface area contributed by atoms with Crippen LogP contribution in [-0.2, 0) is 6.42 Å². The third-order valence-corrected chi connectivity index (χ3v) is 3.66. The average Bonchev–Trinajstić information content (AvgIpc) is 2.29. The lowest BCUT2D eigenvalue weighted by Gasteiger charge is -2.33. The Kier molecular flexibility index (Phi) is 2.99. The van der Waals surface area contributed by atoms with Crippen LogP contribution in [0.5, 0.6) is 0 Å². The Labute approximate surface area is 93.1 Å². The molecule has 82 valence electrons. The lowest BCUT2D eigenvalue weighted by atomic mass is 9.87. The van der Waals surface area contributed by atoms with Crippen molar-refractivity contribution in [2.75, 3.05) is 18.5 Å². The fourth-order valence-electron chi connectivity index (χ4n) is 2.55. The van der Waals surface area contributed by atoms with Gasteiger partial charge in [-0.1, -0.05) is 26.0 Å². The predicted octanol–water partition coefficient (Wildman–Crippen LogP) is 3.58. The van der Waals surface area contributed by atoms with Gasteiger partial charge in [0.15, 0.2) is 0 Å². The quantitative estimate of drug-likeness (QED) is 0.710. The molecule has 0 saturated carbocycles. The minimum atomic E-state index is 0.780. The van der Waals surface area contributed by atoms with Crippen LogP contribution in [-0.4, -0.2) is 13.6 Å². The second-order valence-electron chi connectivity index (χ2n) is 4.56. The minimum Gasteiger partial charge on any atom is -0.374 e. The van der Waals surface area contributed by atoms with E-state index in [2.05, 4.69) is 44.0 Å². The third-order valence-electron chi connectivity index (χ3n) is 3.66. The average molecular weight is 203 g/mol. The molecule has 1 unspecified atom stereocenters. The monoisotopic (exact) mass is 203 g/mol. The molecular weight excluding hydrogens is 182 g/mol. The van der Waals surface area contributed by atoms with Crippen molar-refractivity contribution in [1.29, 1.82) is 0 Å². The van der Waals surface area contributed by atoms with Crippen LogP contribution in [0.25, 0.3) is 0 Å². The maximum Gasteiger partial charge on any atom is 0.0399 e. The van der Waals surface area contributed by atoms with E-state index in [0.717, 1.165) is 12.3 Å². The van der Waals surface area contributed by atoms with Gasteiger partial charge in [0.25, 0.3) is 0 Å². The highest BCUT2D eigenvalue weighted by molar-refractivity contribution is 5.57. The summed E-state index contributed by atoms with van der Waals surface area (Å²) in [4.78, 5) is 2.39. The van der Waals surface area contributed by atoms with E-state index in [1.807, 2.05) is 0 Å². The van der Waals surface area contributed by atoms with Gasteiger partial charge in [-0.2, -0.15) is 0 Å². The Bertz CT molecular complexity index is 343. The second kappa shape index (κ2) is 4.26. The van der Waals surface area contributed by atoms with Crippen LogP contribution in [0.4, 0.5) is 5.69 Å². The normalized spacial score (nSPS) is 20.2. The Balaban J connectivity index is 2.43. The first-order valence-electron chi connectivity index (χ1n) is 6.10. The fraction of sp³-hybridized carbons (Fsp3) is 0.571.